The monoisotopic (exact) mass is 394 g/mol. The molecule has 2 amide bonds. The number of thioether (sulfide) groups is 1. The molecule has 3 rings (SSSR count). The van der Waals surface area contributed by atoms with Crippen LogP contribution in [-0.2, 0) is 4.79 Å². The lowest BCUT2D eigenvalue weighted by molar-refractivity contribution is -0.117. The van der Waals surface area contributed by atoms with E-state index in [1.54, 1.807) is 0 Å². The van der Waals surface area contributed by atoms with Crippen molar-refractivity contribution in [1.82, 2.24) is 10.3 Å². The second-order valence-electron chi connectivity index (χ2n) is 5.02. The smallest absolute Gasteiger partial charge is 0.387 e. The van der Waals surface area contributed by atoms with Gasteiger partial charge in [-0.05, 0) is 36.4 Å². The van der Waals surface area contributed by atoms with E-state index in [-0.39, 0.29) is 17.1 Å². The summed E-state index contributed by atoms with van der Waals surface area (Å²) >= 11 is 2.71. The molecule has 1 N–H and O–H groups in total. The maximum absolute atomic E-state index is 12.1. The van der Waals surface area contributed by atoms with Crippen LogP contribution in [0.25, 0.3) is 10.2 Å². The van der Waals surface area contributed by atoms with Crippen LogP contribution in [0.2, 0.25) is 0 Å². The molecule has 1 heterocycles. The zero-order chi connectivity index (χ0) is 18.5. The molecule has 0 aliphatic heterocycles. The van der Waals surface area contributed by atoms with Gasteiger partial charge in [0.1, 0.15) is 5.75 Å². The number of thiazole rings is 1. The molecule has 0 unspecified atom stereocenters. The molecule has 5 nitrogen and oxygen atoms in total. The number of ether oxygens (including phenoxy) is 1. The predicted octanol–water partition coefficient (Wildman–Crippen LogP) is 3.95. The maximum Gasteiger partial charge on any atom is 0.387 e. The Balaban J connectivity index is 1.53. The van der Waals surface area contributed by atoms with E-state index in [4.69, 9.17) is 0 Å². The summed E-state index contributed by atoms with van der Waals surface area (Å²) in [5.74, 6) is -1.09. The molecule has 0 atom stereocenters. The number of aromatic nitrogens is 1. The Morgan fingerprint density at radius 2 is 1.88 bits per heavy atom. The molecular weight excluding hydrogens is 382 g/mol. The summed E-state index contributed by atoms with van der Waals surface area (Å²) in [5, 5.41) is 2.25. The minimum Gasteiger partial charge on any atom is -0.435 e. The molecule has 0 fully saturated rings. The van der Waals surface area contributed by atoms with E-state index in [0.717, 1.165) is 14.6 Å². The molecule has 0 spiro atoms. The molecule has 0 saturated carbocycles. The molecule has 0 bridgehead atoms. The summed E-state index contributed by atoms with van der Waals surface area (Å²) in [7, 11) is 0. The van der Waals surface area contributed by atoms with Crippen molar-refractivity contribution in [3.05, 3.63) is 54.1 Å². The minimum atomic E-state index is -2.93. The number of hydrogen-bond acceptors (Lipinski definition) is 6. The molecule has 1 aromatic heterocycles. The van der Waals surface area contributed by atoms with E-state index in [2.05, 4.69) is 15.0 Å². The molecular formula is C17H12F2N2O3S2. The number of hydrogen-bond donors (Lipinski definition) is 1. The van der Waals surface area contributed by atoms with Crippen molar-refractivity contribution in [2.75, 3.05) is 5.75 Å². The van der Waals surface area contributed by atoms with Crippen molar-refractivity contribution in [3.63, 3.8) is 0 Å². The number of fused-ring (bicyclic) bond motifs is 1. The zero-order valence-electron chi connectivity index (χ0n) is 13.1. The van der Waals surface area contributed by atoms with E-state index >= 15 is 0 Å². The number of rotatable bonds is 6. The summed E-state index contributed by atoms with van der Waals surface area (Å²) < 4.78 is 30.1. The van der Waals surface area contributed by atoms with E-state index in [1.807, 2.05) is 24.3 Å². The number of amides is 2. The van der Waals surface area contributed by atoms with Gasteiger partial charge in [-0.1, -0.05) is 23.9 Å². The largest absolute Gasteiger partial charge is 0.435 e. The Bertz CT molecular complexity index is 896. The highest BCUT2D eigenvalue weighted by molar-refractivity contribution is 8.01. The lowest BCUT2D eigenvalue weighted by atomic mass is 10.2. The fraction of sp³-hybridized carbons (Fsp3) is 0.118. The summed E-state index contributed by atoms with van der Waals surface area (Å²) in [6, 6.07) is 12.7. The molecule has 0 saturated heterocycles. The van der Waals surface area contributed by atoms with Crippen LogP contribution in [0.1, 0.15) is 10.4 Å². The van der Waals surface area contributed by atoms with Gasteiger partial charge in [-0.3, -0.25) is 14.9 Å². The van der Waals surface area contributed by atoms with Crippen LogP contribution < -0.4 is 10.1 Å². The van der Waals surface area contributed by atoms with Crippen molar-refractivity contribution >= 4 is 45.1 Å². The number of imide groups is 1. The van der Waals surface area contributed by atoms with Crippen LogP contribution in [-0.4, -0.2) is 29.2 Å². The number of alkyl halides is 2. The second kappa shape index (κ2) is 8.24. The maximum atomic E-state index is 12.1. The third-order valence-electron chi connectivity index (χ3n) is 3.20. The van der Waals surface area contributed by atoms with Crippen LogP contribution in [0.15, 0.2) is 52.9 Å². The van der Waals surface area contributed by atoms with Gasteiger partial charge in [0.15, 0.2) is 4.34 Å². The van der Waals surface area contributed by atoms with Crippen LogP contribution in [0, 0.1) is 0 Å². The van der Waals surface area contributed by atoms with Gasteiger partial charge in [0.25, 0.3) is 5.91 Å². The first-order chi connectivity index (χ1) is 12.5. The van der Waals surface area contributed by atoms with Crippen LogP contribution in [0.5, 0.6) is 5.75 Å². The number of para-hydroxylation sites is 1. The number of nitrogens with zero attached hydrogens (tertiary/aromatic N) is 1. The fourth-order valence-electron chi connectivity index (χ4n) is 2.06. The lowest BCUT2D eigenvalue weighted by Crippen LogP contribution is -2.31. The highest BCUT2D eigenvalue weighted by Crippen LogP contribution is 2.29. The average Bonchev–Trinajstić information content (AvgIpc) is 3.03. The summed E-state index contributed by atoms with van der Waals surface area (Å²) in [6.45, 7) is -2.93. The summed E-state index contributed by atoms with van der Waals surface area (Å²) in [4.78, 5) is 28.3. The van der Waals surface area contributed by atoms with Gasteiger partial charge < -0.3 is 4.74 Å². The van der Waals surface area contributed by atoms with Gasteiger partial charge >= 0.3 is 6.61 Å². The Morgan fingerprint density at radius 3 is 2.58 bits per heavy atom. The molecule has 9 heteroatoms. The van der Waals surface area contributed by atoms with Gasteiger partial charge in [0.2, 0.25) is 5.91 Å². The molecule has 0 radical (unpaired) electrons. The Kier molecular flexibility index (Phi) is 5.79. The number of carbonyl (C=O) groups excluding carboxylic acids is 2. The Labute approximate surface area is 155 Å². The number of nitrogens with one attached hydrogen (secondary N) is 1. The van der Waals surface area contributed by atoms with E-state index in [9.17, 15) is 18.4 Å². The van der Waals surface area contributed by atoms with E-state index in [1.165, 1.54) is 47.4 Å². The van der Waals surface area contributed by atoms with Crippen molar-refractivity contribution in [2.45, 2.75) is 11.0 Å². The number of carbonyl (C=O) groups is 2. The molecule has 0 aliphatic carbocycles. The fourth-order valence-corrected chi connectivity index (χ4v) is 3.93. The second-order valence-corrected chi connectivity index (χ2v) is 7.27. The van der Waals surface area contributed by atoms with Gasteiger partial charge in [0, 0.05) is 5.56 Å². The summed E-state index contributed by atoms with van der Waals surface area (Å²) in [6.07, 6.45) is 0. The van der Waals surface area contributed by atoms with Crippen molar-refractivity contribution in [2.24, 2.45) is 0 Å². The molecule has 0 aliphatic rings. The molecule has 26 heavy (non-hydrogen) atoms. The SMILES string of the molecule is O=C(CSc1nc2ccccc2s1)NC(=O)c1ccc(OC(F)F)cc1. The first kappa shape index (κ1) is 18.3. The quantitative estimate of drug-likeness (QED) is 0.642. The van der Waals surface area contributed by atoms with E-state index < -0.39 is 18.4 Å². The lowest BCUT2D eigenvalue weighted by Gasteiger charge is -2.06. The number of benzene rings is 2. The molecule has 134 valence electrons. The third-order valence-corrected chi connectivity index (χ3v) is 5.37. The Hall–Kier alpha value is -2.52. The summed E-state index contributed by atoms with van der Waals surface area (Å²) in [5.41, 5.74) is 1.03. The predicted molar refractivity (Wildman–Crippen MR) is 95.9 cm³/mol. The third kappa shape index (κ3) is 4.77. The van der Waals surface area contributed by atoms with Crippen molar-refractivity contribution < 1.29 is 23.1 Å². The van der Waals surface area contributed by atoms with Gasteiger partial charge in [-0.15, -0.1) is 11.3 Å². The van der Waals surface area contributed by atoms with Crippen molar-refractivity contribution in [1.29, 1.82) is 0 Å². The normalized spacial score (nSPS) is 10.9. The number of halogens is 2. The highest BCUT2D eigenvalue weighted by Gasteiger charge is 2.13. The topological polar surface area (TPSA) is 68.3 Å². The first-order valence-corrected chi connectivity index (χ1v) is 9.19. The highest BCUT2D eigenvalue weighted by atomic mass is 32.2. The van der Waals surface area contributed by atoms with Crippen LogP contribution in [0.3, 0.4) is 0 Å². The van der Waals surface area contributed by atoms with Gasteiger partial charge in [0.05, 0.1) is 16.0 Å². The standard InChI is InChI=1S/C17H12F2N2O3S2/c18-16(19)24-11-7-5-10(6-8-11)15(23)21-14(22)9-25-17-20-12-3-1-2-4-13(12)26-17/h1-8,16H,9H2,(H,21,22,23). The minimum absolute atomic E-state index is 0.0398. The molecule has 3 aromatic rings. The average molecular weight is 394 g/mol. The van der Waals surface area contributed by atoms with Crippen LogP contribution >= 0.6 is 23.1 Å². The van der Waals surface area contributed by atoms with Gasteiger partial charge in [-0.25, -0.2) is 4.98 Å². The van der Waals surface area contributed by atoms with Gasteiger partial charge in [-0.2, -0.15) is 8.78 Å². The zero-order valence-corrected chi connectivity index (χ0v) is 14.8. The first-order valence-electron chi connectivity index (χ1n) is 7.39. The Morgan fingerprint density at radius 1 is 1.15 bits per heavy atom. The van der Waals surface area contributed by atoms with Crippen molar-refractivity contribution in [3.8, 4) is 5.75 Å². The van der Waals surface area contributed by atoms with Crippen LogP contribution in [0.4, 0.5) is 8.78 Å². The van der Waals surface area contributed by atoms with E-state index in [0.29, 0.717) is 0 Å². The molecule has 2 aromatic carbocycles.